The van der Waals surface area contributed by atoms with Crippen LogP contribution in [-0.2, 0) is 0 Å². The molecule has 0 spiro atoms. The first-order valence-corrected chi connectivity index (χ1v) is 7.91. The molecule has 130 valence electrons. The molecule has 8 heteroatoms. The molecule has 2 N–H and O–H groups in total. The van der Waals surface area contributed by atoms with Crippen LogP contribution >= 0.6 is 0 Å². The van der Waals surface area contributed by atoms with Gasteiger partial charge in [-0.05, 0) is 24.3 Å². The topological polar surface area (TPSA) is 97.3 Å². The van der Waals surface area contributed by atoms with E-state index in [1.807, 2.05) is 42.5 Å². The van der Waals surface area contributed by atoms with Crippen LogP contribution in [0, 0.1) is 0 Å². The second kappa shape index (κ2) is 6.67. The average molecular weight is 348 g/mol. The molecule has 0 fully saturated rings. The lowest BCUT2D eigenvalue weighted by atomic mass is 10.2. The molecule has 8 nitrogen and oxygen atoms in total. The number of hydrogen-bond donors (Lipinski definition) is 2. The summed E-state index contributed by atoms with van der Waals surface area (Å²) in [4.78, 5) is 7.63. The van der Waals surface area contributed by atoms with Crippen LogP contribution in [0.5, 0.6) is 11.5 Å². The summed E-state index contributed by atoms with van der Waals surface area (Å²) in [6.45, 7) is 0. The molecule has 0 amide bonds. The van der Waals surface area contributed by atoms with E-state index >= 15 is 0 Å². The number of methoxy groups -OCH3 is 2. The number of aromatic amines is 1. The van der Waals surface area contributed by atoms with Crippen LogP contribution in [-0.4, -0.2) is 40.6 Å². The normalized spacial score (nSPS) is 11.3. The van der Waals surface area contributed by atoms with E-state index < -0.39 is 0 Å². The van der Waals surface area contributed by atoms with Gasteiger partial charge < -0.3 is 14.5 Å². The van der Waals surface area contributed by atoms with Gasteiger partial charge in [0.1, 0.15) is 17.0 Å². The molecular weight excluding hydrogens is 332 g/mol. The summed E-state index contributed by atoms with van der Waals surface area (Å²) >= 11 is 0. The van der Waals surface area contributed by atoms with Gasteiger partial charge in [-0.1, -0.05) is 18.2 Å². The summed E-state index contributed by atoms with van der Waals surface area (Å²) in [6, 6.07) is 13.3. The fourth-order valence-electron chi connectivity index (χ4n) is 2.67. The SMILES string of the molecule is COc1ccc(OC)c(C=NNc2nnc3c(n2)[nH]c2ccccc23)c1. The number of aromatic nitrogens is 4. The first-order valence-electron chi connectivity index (χ1n) is 7.91. The lowest BCUT2D eigenvalue weighted by Gasteiger charge is -2.06. The Labute approximate surface area is 148 Å². The molecule has 0 aliphatic heterocycles. The van der Waals surface area contributed by atoms with Crippen LogP contribution in [0.1, 0.15) is 5.56 Å². The molecule has 26 heavy (non-hydrogen) atoms. The Balaban J connectivity index is 1.59. The number of anilines is 1. The largest absolute Gasteiger partial charge is 0.497 e. The molecule has 0 saturated carbocycles. The summed E-state index contributed by atoms with van der Waals surface area (Å²) in [5.41, 5.74) is 5.89. The van der Waals surface area contributed by atoms with Crippen LogP contribution in [0.3, 0.4) is 0 Å². The summed E-state index contributed by atoms with van der Waals surface area (Å²) in [7, 11) is 3.21. The van der Waals surface area contributed by atoms with Crippen molar-refractivity contribution in [3.05, 3.63) is 48.0 Å². The highest BCUT2D eigenvalue weighted by atomic mass is 16.5. The molecule has 4 aromatic rings. The summed E-state index contributed by atoms with van der Waals surface area (Å²) < 4.78 is 10.5. The number of benzene rings is 2. The maximum absolute atomic E-state index is 5.32. The van der Waals surface area contributed by atoms with E-state index in [2.05, 4.69) is 30.7 Å². The monoisotopic (exact) mass is 348 g/mol. The molecule has 0 aliphatic carbocycles. The van der Waals surface area contributed by atoms with Crippen LogP contribution in [0.25, 0.3) is 22.1 Å². The molecule has 0 aliphatic rings. The van der Waals surface area contributed by atoms with E-state index in [0.717, 1.165) is 22.0 Å². The highest BCUT2D eigenvalue weighted by molar-refractivity contribution is 6.03. The molecule has 0 atom stereocenters. The van der Waals surface area contributed by atoms with E-state index in [9.17, 15) is 0 Å². The molecule has 2 aromatic heterocycles. The lowest BCUT2D eigenvalue weighted by Crippen LogP contribution is -2.00. The van der Waals surface area contributed by atoms with Crippen molar-refractivity contribution in [1.82, 2.24) is 20.2 Å². The van der Waals surface area contributed by atoms with Crippen molar-refractivity contribution in [2.75, 3.05) is 19.6 Å². The lowest BCUT2D eigenvalue weighted by molar-refractivity contribution is 0.402. The van der Waals surface area contributed by atoms with Crippen molar-refractivity contribution in [1.29, 1.82) is 0 Å². The summed E-state index contributed by atoms with van der Waals surface area (Å²) in [6.07, 6.45) is 1.61. The minimum absolute atomic E-state index is 0.294. The summed E-state index contributed by atoms with van der Waals surface area (Å²) in [5.74, 6) is 1.69. The minimum atomic E-state index is 0.294. The zero-order valence-corrected chi connectivity index (χ0v) is 14.2. The number of ether oxygens (including phenoxy) is 2. The second-order valence-corrected chi connectivity index (χ2v) is 5.48. The van der Waals surface area contributed by atoms with E-state index in [1.165, 1.54) is 0 Å². The van der Waals surface area contributed by atoms with Gasteiger partial charge in [0.15, 0.2) is 5.65 Å². The van der Waals surface area contributed by atoms with Gasteiger partial charge in [-0.25, -0.2) is 5.43 Å². The van der Waals surface area contributed by atoms with Gasteiger partial charge in [-0.15, -0.1) is 10.2 Å². The van der Waals surface area contributed by atoms with Crippen molar-refractivity contribution in [3.63, 3.8) is 0 Å². The fourth-order valence-corrected chi connectivity index (χ4v) is 2.67. The van der Waals surface area contributed by atoms with Crippen molar-refractivity contribution in [2.24, 2.45) is 5.10 Å². The zero-order chi connectivity index (χ0) is 17.9. The maximum Gasteiger partial charge on any atom is 0.265 e. The van der Waals surface area contributed by atoms with E-state index in [-0.39, 0.29) is 0 Å². The first-order chi connectivity index (χ1) is 12.8. The minimum Gasteiger partial charge on any atom is -0.497 e. The Morgan fingerprint density at radius 1 is 1.08 bits per heavy atom. The van der Waals surface area contributed by atoms with Crippen LogP contribution < -0.4 is 14.9 Å². The van der Waals surface area contributed by atoms with Crippen molar-refractivity contribution in [3.8, 4) is 11.5 Å². The number of para-hydroxylation sites is 1. The van der Waals surface area contributed by atoms with Crippen molar-refractivity contribution >= 4 is 34.2 Å². The number of fused-ring (bicyclic) bond motifs is 3. The maximum atomic E-state index is 5.32. The average Bonchev–Trinajstić information content (AvgIpc) is 3.05. The predicted octanol–water partition coefficient (Wildman–Crippen LogP) is 2.97. The number of nitrogens with zero attached hydrogens (tertiary/aromatic N) is 4. The van der Waals surface area contributed by atoms with Crippen LogP contribution in [0.4, 0.5) is 5.95 Å². The van der Waals surface area contributed by atoms with Crippen LogP contribution in [0.2, 0.25) is 0 Å². The molecule has 0 bridgehead atoms. The van der Waals surface area contributed by atoms with Gasteiger partial charge in [0.25, 0.3) is 5.95 Å². The second-order valence-electron chi connectivity index (χ2n) is 5.48. The standard InChI is InChI=1S/C18H16N6O2/c1-25-12-7-8-15(26-2)11(9-12)10-19-23-18-21-17-16(22-24-18)13-5-3-4-6-14(13)20-17/h3-10H,1-2H3,(H2,20,21,23,24). The van der Waals surface area contributed by atoms with Gasteiger partial charge >= 0.3 is 0 Å². The predicted molar refractivity (Wildman–Crippen MR) is 100.0 cm³/mol. The molecule has 2 heterocycles. The number of nitrogens with one attached hydrogen (secondary N) is 2. The molecule has 4 rings (SSSR count). The third-order valence-corrected chi connectivity index (χ3v) is 3.93. The zero-order valence-electron chi connectivity index (χ0n) is 14.2. The van der Waals surface area contributed by atoms with Gasteiger partial charge in [0.2, 0.25) is 0 Å². The number of hydrazone groups is 1. The Bertz CT molecular complexity index is 1110. The first kappa shape index (κ1) is 15.8. The van der Waals surface area contributed by atoms with Gasteiger partial charge in [0, 0.05) is 16.5 Å². The van der Waals surface area contributed by atoms with Crippen molar-refractivity contribution < 1.29 is 9.47 Å². The molecular formula is C18H16N6O2. The van der Waals surface area contributed by atoms with Crippen molar-refractivity contribution in [2.45, 2.75) is 0 Å². The number of rotatable bonds is 5. The Morgan fingerprint density at radius 3 is 2.81 bits per heavy atom. The highest BCUT2D eigenvalue weighted by Gasteiger charge is 2.08. The summed E-state index contributed by atoms with van der Waals surface area (Å²) in [5, 5.41) is 13.5. The highest BCUT2D eigenvalue weighted by Crippen LogP contribution is 2.23. The quantitative estimate of drug-likeness (QED) is 0.425. The fraction of sp³-hybridized carbons (Fsp3) is 0.111. The van der Waals surface area contributed by atoms with E-state index in [4.69, 9.17) is 9.47 Å². The van der Waals surface area contributed by atoms with Gasteiger partial charge in [-0.2, -0.15) is 10.1 Å². The van der Waals surface area contributed by atoms with Crippen LogP contribution in [0.15, 0.2) is 47.6 Å². The third-order valence-electron chi connectivity index (χ3n) is 3.93. The Morgan fingerprint density at radius 2 is 1.96 bits per heavy atom. The molecule has 2 aromatic carbocycles. The molecule has 0 radical (unpaired) electrons. The number of hydrogen-bond acceptors (Lipinski definition) is 7. The Kier molecular flexibility index (Phi) is 4.06. The molecule has 0 unspecified atom stereocenters. The van der Waals surface area contributed by atoms with Gasteiger partial charge in [-0.3, -0.25) is 0 Å². The number of H-pyrrole nitrogens is 1. The Hall–Kier alpha value is -3.68. The van der Waals surface area contributed by atoms with E-state index in [1.54, 1.807) is 20.4 Å². The smallest absolute Gasteiger partial charge is 0.265 e. The van der Waals surface area contributed by atoms with Gasteiger partial charge in [0.05, 0.1) is 20.4 Å². The molecule has 0 saturated heterocycles. The third kappa shape index (κ3) is 2.88. The van der Waals surface area contributed by atoms with E-state index in [0.29, 0.717) is 23.1 Å².